The Morgan fingerprint density at radius 2 is 1.85 bits per heavy atom. The second kappa shape index (κ2) is 8.18. The Balaban J connectivity index is 1.80. The molecule has 0 bridgehead atoms. The van der Waals surface area contributed by atoms with Gasteiger partial charge in [-0.25, -0.2) is 9.78 Å². The molecule has 7 nitrogen and oxygen atoms in total. The zero-order valence-corrected chi connectivity index (χ0v) is 15.1. The van der Waals surface area contributed by atoms with Crippen LogP contribution in [-0.4, -0.2) is 28.2 Å². The minimum atomic E-state index is -1.00. The molecule has 3 rings (SSSR count). The second-order valence-electron chi connectivity index (χ2n) is 5.86. The van der Waals surface area contributed by atoms with Crippen molar-refractivity contribution in [2.75, 3.05) is 17.7 Å². The minimum absolute atomic E-state index is 0.178. The van der Waals surface area contributed by atoms with Crippen LogP contribution in [0.4, 0.5) is 17.5 Å². The SMILES string of the molecule is COc1ccccc1CNc1nc(C)cc(Nc2ccccc2C(=O)O)n1. The van der Waals surface area contributed by atoms with Crippen LogP contribution in [0.2, 0.25) is 0 Å². The highest BCUT2D eigenvalue weighted by Gasteiger charge is 2.11. The van der Waals surface area contributed by atoms with Gasteiger partial charge in [-0.2, -0.15) is 4.98 Å². The number of nitrogens with one attached hydrogen (secondary N) is 2. The number of aryl methyl sites for hydroxylation is 1. The summed E-state index contributed by atoms with van der Waals surface area (Å²) in [7, 11) is 1.63. The van der Waals surface area contributed by atoms with Crippen molar-refractivity contribution in [3.05, 3.63) is 71.4 Å². The van der Waals surface area contributed by atoms with Gasteiger partial charge < -0.3 is 20.5 Å². The first-order chi connectivity index (χ1) is 13.1. The topological polar surface area (TPSA) is 96.4 Å². The zero-order valence-electron chi connectivity index (χ0n) is 15.1. The average molecular weight is 364 g/mol. The van der Waals surface area contributed by atoms with Crippen molar-refractivity contribution in [2.24, 2.45) is 0 Å². The molecule has 0 unspecified atom stereocenters. The molecule has 1 heterocycles. The van der Waals surface area contributed by atoms with Gasteiger partial charge in [-0.1, -0.05) is 30.3 Å². The molecule has 7 heteroatoms. The number of anilines is 3. The molecule has 0 saturated carbocycles. The number of aromatic nitrogens is 2. The van der Waals surface area contributed by atoms with Crippen LogP contribution in [0.15, 0.2) is 54.6 Å². The number of carboxylic acids is 1. The van der Waals surface area contributed by atoms with Crippen LogP contribution in [0.5, 0.6) is 5.75 Å². The zero-order chi connectivity index (χ0) is 19.2. The van der Waals surface area contributed by atoms with E-state index in [2.05, 4.69) is 20.6 Å². The summed E-state index contributed by atoms with van der Waals surface area (Å²) in [5.41, 5.74) is 2.38. The van der Waals surface area contributed by atoms with Gasteiger partial charge in [0, 0.05) is 23.9 Å². The van der Waals surface area contributed by atoms with Gasteiger partial charge in [0.05, 0.1) is 18.4 Å². The predicted octanol–water partition coefficient (Wildman–Crippen LogP) is 3.85. The normalized spacial score (nSPS) is 10.3. The summed E-state index contributed by atoms with van der Waals surface area (Å²) in [6.07, 6.45) is 0. The van der Waals surface area contributed by atoms with Crippen LogP contribution in [0.3, 0.4) is 0 Å². The summed E-state index contributed by atoms with van der Waals surface area (Å²) >= 11 is 0. The molecule has 27 heavy (non-hydrogen) atoms. The maximum absolute atomic E-state index is 11.4. The number of ether oxygens (including phenoxy) is 1. The van der Waals surface area contributed by atoms with Gasteiger partial charge in [0.1, 0.15) is 11.6 Å². The summed E-state index contributed by atoms with van der Waals surface area (Å²) in [5.74, 6) is 0.736. The summed E-state index contributed by atoms with van der Waals surface area (Å²) in [4.78, 5) is 20.2. The number of carboxylic acid groups (broad SMARTS) is 1. The molecule has 1 aromatic heterocycles. The Morgan fingerprint density at radius 1 is 1.11 bits per heavy atom. The van der Waals surface area contributed by atoms with E-state index in [1.807, 2.05) is 31.2 Å². The van der Waals surface area contributed by atoms with Gasteiger partial charge in [-0.3, -0.25) is 0 Å². The highest BCUT2D eigenvalue weighted by molar-refractivity contribution is 5.95. The molecule has 0 spiro atoms. The Labute approximate surface area is 157 Å². The molecule has 138 valence electrons. The maximum atomic E-state index is 11.4. The third kappa shape index (κ3) is 4.52. The van der Waals surface area contributed by atoms with E-state index in [9.17, 15) is 9.90 Å². The molecule has 0 atom stereocenters. The van der Waals surface area contributed by atoms with Crippen LogP contribution in [0, 0.1) is 6.92 Å². The molecule has 0 amide bonds. The quantitative estimate of drug-likeness (QED) is 0.586. The molecular formula is C20H20N4O3. The smallest absolute Gasteiger partial charge is 0.337 e. The molecule has 0 aliphatic rings. The second-order valence-corrected chi connectivity index (χ2v) is 5.86. The van der Waals surface area contributed by atoms with Crippen molar-refractivity contribution in [2.45, 2.75) is 13.5 Å². The molecule has 0 radical (unpaired) electrons. The van der Waals surface area contributed by atoms with E-state index >= 15 is 0 Å². The molecule has 3 aromatic rings. The molecule has 0 aliphatic carbocycles. The van der Waals surface area contributed by atoms with Crippen molar-refractivity contribution < 1.29 is 14.6 Å². The number of para-hydroxylation sites is 2. The Bertz CT molecular complexity index is 959. The van der Waals surface area contributed by atoms with Crippen molar-refractivity contribution in [1.29, 1.82) is 0 Å². The number of hydrogen-bond acceptors (Lipinski definition) is 6. The van der Waals surface area contributed by atoms with Crippen LogP contribution in [-0.2, 0) is 6.54 Å². The fourth-order valence-corrected chi connectivity index (χ4v) is 2.65. The highest BCUT2D eigenvalue weighted by atomic mass is 16.5. The van der Waals surface area contributed by atoms with E-state index < -0.39 is 5.97 Å². The Morgan fingerprint density at radius 3 is 2.63 bits per heavy atom. The lowest BCUT2D eigenvalue weighted by molar-refractivity contribution is 0.0698. The Kier molecular flexibility index (Phi) is 5.51. The van der Waals surface area contributed by atoms with Gasteiger partial charge >= 0.3 is 5.97 Å². The molecule has 0 aliphatic heterocycles. The number of benzene rings is 2. The van der Waals surface area contributed by atoms with Crippen molar-refractivity contribution in [1.82, 2.24) is 9.97 Å². The lowest BCUT2D eigenvalue weighted by Gasteiger charge is -2.12. The van der Waals surface area contributed by atoms with E-state index in [1.165, 1.54) is 0 Å². The standard InChI is InChI=1S/C20H20N4O3/c1-13-11-18(23-16-9-5-4-8-15(16)19(25)26)24-20(22-13)21-12-14-7-3-6-10-17(14)27-2/h3-11H,12H2,1-2H3,(H,25,26)(H2,21,22,23,24). The van der Waals surface area contributed by atoms with E-state index in [4.69, 9.17) is 4.74 Å². The first kappa shape index (κ1) is 18.2. The van der Waals surface area contributed by atoms with E-state index in [0.29, 0.717) is 24.0 Å². The van der Waals surface area contributed by atoms with Crippen LogP contribution in [0.1, 0.15) is 21.6 Å². The third-order valence-electron chi connectivity index (χ3n) is 3.90. The average Bonchev–Trinajstić information content (AvgIpc) is 2.66. The van der Waals surface area contributed by atoms with Gasteiger partial charge in [-0.05, 0) is 25.1 Å². The fraction of sp³-hybridized carbons (Fsp3) is 0.150. The van der Waals surface area contributed by atoms with Crippen LogP contribution in [0.25, 0.3) is 0 Å². The lowest BCUT2D eigenvalue weighted by Crippen LogP contribution is -2.08. The first-order valence-electron chi connectivity index (χ1n) is 8.37. The monoisotopic (exact) mass is 364 g/mol. The lowest BCUT2D eigenvalue weighted by atomic mass is 10.2. The van der Waals surface area contributed by atoms with Gasteiger partial charge in [0.15, 0.2) is 0 Å². The summed E-state index contributed by atoms with van der Waals surface area (Å²) in [6.45, 7) is 2.35. The van der Waals surface area contributed by atoms with E-state index in [-0.39, 0.29) is 5.56 Å². The summed E-state index contributed by atoms with van der Waals surface area (Å²) in [6, 6.07) is 16.1. The van der Waals surface area contributed by atoms with Crippen molar-refractivity contribution in [3.8, 4) is 5.75 Å². The van der Waals surface area contributed by atoms with Gasteiger partial charge in [0.25, 0.3) is 0 Å². The van der Waals surface area contributed by atoms with Crippen molar-refractivity contribution in [3.63, 3.8) is 0 Å². The number of hydrogen-bond donors (Lipinski definition) is 3. The number of methoxy groups -OCH3 is 1. The molecular weight excluding hydrogens is 344 g/mol. The van der Waals surface area contributed by atoms with Crippen LogP contribution >= 0.6 is 0 Å². The number of nitrogens with zero attached hydrogens (tertiary/aromatic N) is 2. The number of carbonyl (C=O) groups is 1. The van der Waals surface area contributed by atoms with Crippen molar-refractivity contribution >= 4 is 23.4 Å². The summed E-state index contributed by atoms with van der Waals surface area (Å²) in [5, 5.41) is 15.6. The predicted molar refractivity (Wildman–Crippen MR) is 104 cm³/mol. The fourth-order valence-electron chi connectivity index (χ4n) is 2.65. The van der Waals surface area contributed by atoms with E-state index in [1.54, 1.807) is 37.4 Å². The maximum Gasteiger partial charge on any atom is 0.337 e. The Hall–Kier alpha value is -3.61. The van der Waals surface area contributed by atoms with Gasteiger partial charge in [0.2, 0.25) is 5.95 Å². The van der Waals surface area contributed by atoms with Gasteiger partial charge in [-0.15, -0.1) is 0 Å². The first-order valence-corrected chi connectivity index (χ1v) is 8.37. The molecule has 2 aromatic carbocycles. The minimum Gasteiger partial charge on any atom is -0.496 e. The third-order valence-corrected chi connectivity index (χ3v) is 3.90. The van der Waals surface area contributed by atoms with E-state index in [0.717, 1.165) is 17.0 Å². The largest absolute Gasteiger partial charge is 0.496 e. The highest BCUT2D eigenvalue weighted by Crippen LogP contribution is 2.22. The van der Waals surface area contributed by atoms with Crippen LogP contribution < -0.4 is 15.4 Å². The number of rotatable bonds is 7. The molecule has 0 saturated heterocycles. The molecule has 3 N–H and O–H groups in total. The summed E-state index contributed by atoms with van der Waals surface area (Å²) < 4.78 is 5.35. The molecule has 0 fully saturated rings. The number of aromatic carboxylic acids is 1.